The second kappa shape index (κ2) is 9.24. The van der Waals surface area contributed by atoms with Crippen LogP contribution in [0.15, 0.2) is 66.7 Å². The molecule has 0 bridgehead atoms. The van der Waals surface area contributed by atoms with E-state index >= 15 is 0 Å². The van der Waals surface area contributed by atoms with Gasteiger partial charge in [-0.2, -0.15) is 0 Å². The molecule has 1 aliphatic rings. The van der Waals surface area contributed by atoms with Crippen LogP contribution >= 0.6 is 0 Å². The van der Waals surface area contributed by atoms with Crippen molar-refractivity contribution in [3.05, 3.63) is 83.4 Å². The average molecular weight is 369 g/mol. The van der Waals surface area contributed by atoms with Gasteiger partial charge in [0, 0.05) is 5.92 Å². The number of fused-ring (bicyclic) bond motifs is 2. The van der Waals surface area contributed by atoms with E-state index in [0.29, 0.717) is 5.92 Å². The molecule has 0 radical (unpaired) electrons. The molecule has 0 nitrogen and oxygen atoms in total. The second-order valence-electron chi connectivity index (χ2n) is 8.22. The molecule has 3 aromatic carbocycles. The van der Waals surface area contributed by atoms with Crippen molar-refractivity contribution in [3.63, 3.8) is 0 Å². The van der Waals surface area contributed by atoms with Gasteiger partial charge in [-0.05, 0) is 39.5 Å². The molecule has 0 N–H and O–H groups in total. The van der Waals surface area contributed by atoms with Gasteiger partial charge in [-0.25, -0.2) is 0 Å². The lowest BCUT2D eigenvalue weighted by Crippen LogP contribution is -2.00. The third kappa shape index (κ3) is 4.07. The first kappa shape index (κ1) is 19.0. The SMILES string of the molecule is CCCCCCCCCC1C(c2cccc3ccccc23)=Cc2ccccc21. The van der Waals surface area contributed by atoms with E-state index in [9.17, 15) is 0 Å². The number of unbranched alkanes of at least 4 members (excludes halogenated alkanes) is 6. The van der Waals surface area contributed by atoms with E-state index in [-0.39, 0.29) is 0 Å². The average Bonchev–Trinajstić information content (AvgIpc) is 3.11. The fourth-order valence-corrected chi connectivity index (χ4v) is 4.75. The Kier molecular flexibility index (Phi) is 6.27. The standard InChI is InChI=1S/C28H32/c1-2-3-4-5-6-7-8-19-26-25-18-12-10-15-23(25)21-28(26)27-20-13-16-22-14-9-11-17-24(22)27/h9-18,20-21,26H,2-8,19H2,1H3. The Balaban J connectivity index is 1.54. The highest BCUT2D eigenvalue weighted by Gasteiger charge is 2.26. The molecular weight excluding hydrogens is 336 g/mol. The van der Waals surface area contributed by atoms with Crippen LogP contribution in [-0.4, -0.2) is 0 Å². The van der Waals surface area contributed by atoms with Gasteiger partial charge in [0.2, 0.25) is 0 Å². The lowest BCUT2D eigenvalue weighted by atomic mass is 9.85. The molecule has 0 saturated heterocycles. The predicted octanol–water partition coefficient (Wildman–Crippen LogP) is 8.62. The van der Waals surface area contributed by atoms with Gasteiger partial charge in [0.05, 0.1) is 0 Å². The van der Waals surface area contributed by atoms with Gasteiger partial charge in [-0.15, -0.1) is 0 Å². The zero-order valence-corrected chi connectivity index (χ0v) is 17.2. The van der Waals surface area contributed by atoms with E-state index < -0.39 is 0 Å². The molecule has 144 valence electrons. The number of hydrogen-bond acceptors (Lipinski definition) is 0. The molecule has 1 atom stereocenters. The van der Waals surface area contributed by atoms with Crippen LogP contribution in [0, 0.1) is 0 Å². The fourth-order valence-electron chi connectivity index (χ4n) is 4.75. The first-order valence-electron chi connectivity index (χ1n) is 11.2. The third-order valence-corrected chi connectivity index (χ3v) is 6.25. The summed E-state index contributed by atoms with van der Waals surface area (Å²) in [6, 6.07) is 24.6. The minimum absolute atomic E-state index is 0.539. The number of rotatable bonds is 9. The highest BCUT2D eigenvalue weighted by atomic mass is 14.3. The van der Waals surface area contributed by atoms with E-state index in [1.807, 2.05) is 0 Å². The van der Waals surface area contributed by atoms with E-state index in [1.54, 1.807) is 0 Å². The van der Waals surface area contributed by atoms with Crippen LogP contribution in [0.5, 0.6) is 0 Å². The van der Waals surface area contributed by atoms with Gasteiger partial charge in [-0.3, -0.25) is 0 Å². The minimum Gasteiger partial charge on any atom is -0.0654 e. The van der Waals surface area contributed by atoms with Gasteiger partial charge in [0.15, 0.2) is 0 Å². The maximum atomic E-state index is 2.45. The van der Waals surface area contributed by atoms with Crippen LogP contribution in [0.3, 0.4) is 0 Å². The Bertz CT molecular complexity index is 942. The fraction of sp³-hybridized carbons (Fsp3) is 0.357. The molecule has 0 amide bonds. The van der Waals surface area contributed by atoms with E-state index in [0.717, 1.165) is 0 Å². The molecule has 0 aromatic heterocycles. The summed E-state index contributed by atoms with van der Waals surface area (Å²) in [5.41, 5.74) is 5.88. The van der Waals surface area contributed by atoms with E-state index in [2.05, 4.69) is 79.7 Å². The smallest absolute Gasteiger partial charge is 0.0102 e. The molecular formula is C28H32. The van der Waals surface area contributed by atoms with Crippen molar-refractivity contribution >= 4 is 22.4 Å². The summed E-state index contributed by atoms with van der Waals surface area (Å²) >= 11 is 0. The first-order chi connectivity index (χ1) is 13.9. The molecule has 1 aliphatic carbocycles. The summed E-state index contributed by atoms with van der Waals surface area (Å²) in [7, 11) is 0. The number of hydrogen-bond donors (Lipinski definition) is 0. The van der Waals surface area contributed by atoms with Crippen LogP contribution in [0.1, 0.15) is 80.9 Å². The van der Waals surface area contributed by atoms with Crippen molar-refractivity contribution in [1.29, 1.82) is 0 Å². The van der Waals surface area contributed by atoms with Gasteiger partial charge in [0.25, 0.3) is 0 Å². The lowest BCUT2D eigenvalue weighted by molar-refractivity contribution is 0.566. The molecule has 0 spiro atoms. The number of allylic oxidation sites excluding steroid dienone is 1. The molecule has 0 fully saturated rings. The summed E-state index contributed by atoms with van der Waals surface area (Å²) in [4.78, 5) is 0. The predicted molar refractivity (Wildman–Crippen MR) is 124 cm³/mol. The summed E-state index contributed by atoms with van der Waals surface area (Å²) in [5.74, 6) is 0.539. The molecule has 0 saturated carbocycles. The highest BCUT2D eigenvalue weighted by molar-refractivity contribution is 6.01. The topological polar surface area (TPSA) is 0 Å². The maximum absolute atomic E-state index is 2.45. The van der Waals surface area contributed by atoms with Crippen molar-refractivity contribution in [3.8, 4) is 0 Å². The normalized spacial score (nSPS) is 15.6. The minimum atomic E-state index is 0.539. The Morgan fingerprint density at radius 2 is 1.39 bits per heavy atom. The molecule has 0 heteroatoms. The Labute approximate surface area is 170 Å². The van der Waals surface area contributed by atoms with E-state index in [1.165, 1.54) is 84.4 Å². The Hall–Kier alpha value is -2.34. The van der Waals surface area contributed by atoms with Gasteiger partial charge < -0.3 is 0 Å². The number of benzene rings is 3. The molecule has 4 rings (SSSR count). The van der Waals surface area contributed by atoms with Crippen LogP contribution in [-0.2, 0) is 0 Å². The molecule has 0 aliphatic heterocycles. The summed E-state index contributed by atoms with van der Waals surface area (Å²) < 4.78 is 0. The molecule has 1 unspecified atom stereocenters. The first-order valence-corrected chi connectivity index (χ1v) is 11.2. The van der Waals surface area contributed by atoms with Crippen molar-refractivity contribution in [2.45, 2.75) is 64.2 Å². The van der Waals surface area contributed by atoms with Gasteiger partial charge in [0.1, 0.15) is 0 Å². The second-order valence-corrected chi connectivity index (χ2v) is 8.22. The lowest BCUT2D eigenvalue weighted by Gasteiger charge is -2.19. The highest BCUT2D eigenvalue weighted by Crippen LogP contribution is 2.46. The van der Waals surface area contributed by atoms with E-state index in [4.69, 9.17) is 0 Å². The molecule has 28 heavy (non-hydrogen) atoms. The van der Waals surface area contributed by atoms with Crippen LogP contribution in [0.25, 0.3) is 22.4 Å². The largest absolute Gasteiger partial charge is 0.0654 e. The Morgan fingerprint density at radius 3 is 2.29 bits per heavy atom. The molecule has 0 heterocycles. The van der Waals surface area contributed by atoms with Gasteiger partial charge in [-0.1, -0.05) is 125 Å². The van der Waals surface area contributed by atoms with Crippen molar-refractivity contribution in [1.82, 2.24) is 0 Å². The Morgan fingerprint density at radius 1 is 0.679 bits per heavy atom. The van der Waals surface area contributed by atoms with Crippen molar-refractivity contribution in [2.24, 2.45) is 0 Å². The van der Waals surface area contributed by atoms with Crippen LogP contribution < -0.4 is 0 Å². The maximum Gasteiger partial charge on any atom is 0.0102 e. The van der Waals surface area contributed by atoms with Crippen LogP contribution in [0.4, 0.5) is 0 Å². The third-order valence-electron chi connectivity index (χ3n) is 6.25. The van der Waals surface area contributed by atoms with Gasteiger partial charge >= 0.3 is 0 Å². The monoisotopic (exact) mass is 368 g/mol. The summed E-state index contributed by atoms with van der Waals surface area (Å²) in [6.07, 6.45) is 13.3. The van der Waals surface area contributed by atoms with Crippen LogP contribution in [0.2, 0.25) is 0 Å². The zero-order chi connectivity index (χ0) is 19.2. The zero-order valence-electron chi connectivity index (χ0n) is 17.2. The van der Waals surface area contributed by atoms with Crippen molar-refractivity contribution in [2.75, 3.05) is 0 Å². The summed E-state index contributed by atoms with van der Waals surface area (Å²) in [6.45, 7) is 2.29. The quantitative estimate of drug-likeness (QED) is 0.332. The summed E-state index contributed by atoms with van der Waals surface area (Å²) in [5, 5.41) is 2.72. The molecule has 3 aromatic rings. The van der Waals surface area contributed by atoms with Crippen molar-refractivity contribution < 1.29 is 0 Å².